The van der Waals surface area contributed by atoms with Gasteiger partial charge in [-0.25, -0.2) is 0 Å². The smallest absolute Gasteiger partial charge is 0.159 e. The molecule has 31 heavy (non-hydrogen) atoms. The minimum atomic E-state index is 0.0647. The number of carbonyl (C=O) groups is 1. The number of ketones is 1. The van der Waals surface area contributed by atoms with E-state index in [2.05, 4.69) is 53.4 Å². The quantitative estimate of drug-likeness (QED) is 0.282. The molecule has 0 aliphatic carbocycles. The highest BCUT2D eigenvalue weighted by atomic mass is 16.1. The van der Waals surface area contributed by atoms with E-state index >= 15 is 0 Å². The summed E-state index contributed by atoms with van der Waals surface area (Å²) in [5.41, 5.74) is 6.05. The van der Waals surface area contributed by atoms with E-state index in [9.17, 15) is 4.79 Å². The number of hydrogen-bond donors (Lipinski definition) is 1. The van der Waals surface area contributed by atoms with Crippen LogP contribution >= 0.6 is 0 Å². The van der Waals surface area contributed by atoms with Gasteiger partial charge >= 0.3 is 0 Å². The molecule has 0 atom stereocenters. The molecule has 1 N–H and O–H groups in total. The van der Waals surface area contributed by atoms with Gasteiger partial charge in [0, 0.05) is 41.9 Å². The molecule has 0 aliphatic heterocycles. The molecule has 2 heterocycles. The number of carbonyl (C=O) groups excluding carboxylic acids is 1. The maximum absolute atomic E-state index is 11.6. The molecule has 4 aromatic rings. The van der Waals surface area contributed by atoms with Gasteiger partial charge in [0.15, 0.2) is 5.78 Å². The topological polar surface area (TPSA) is 63.6 Å². The number of fused-ring (bicyclic) bond motifs is 1. The number of rotatable bonds is 7. The number of aromatic nitrogens is 4. The average Bonchev–Trinajstić information content (AvgIpc) is 3.39. The number of unbranched alkanes of at least 4 members (excludes halogenated alkanes) is 3. The van der Waals surface area contributed by atoms with Crippen LogP contribution in [0.25, 0.3) is 22.0 Å². The summed E-state index contributed by atoms with van der Waals surface area (Å²) in [6.07, 6.45) is 10.1. The van der Waals surface area contributed by atoms with Crippen molar-refractivity contribution >= 4 is 16.7 Å². The first-order valence-electron chi connectivity index (χ1n) is 11.1. The van der Waals surface area contributed by atoms with Gasteiger partial charge in [-0.15, -0.1) is 0 Å². The first-order valence-corrected chi connectivity index (χ1v) is 11.1. The molecular weight excluding hydrogens is 384 g/mol. The van der Waals surface area contributed by atoms with Crippen LogP contribution in [-0.4, -0.2) is 25.8 Å². The maximum Gasteiger partial charge on any atom is 0.159 e. The van der Waals surface area contributed by atoms with Crippen molar-refractivity contribution < 1.29 is 4.79 Å². The standard InChI is InChI=1S/C20H18N4O.C6H14/c1-13(25)16-7-8-19-18(10-16)20(23-22-19)9-14-3-5-15(6-4-14)17-11-21-24(2)12-17;1-3-5-6-4-2/h3-8,10-12H,9H2,1-2H3,(H,22,23);3-6H2,1-2H3. The Labute approximate surface area is 184 Å². The predicted octanol–water partition coefficient (Wildman–Crippen LogP) is 6.34. The van der Waals surface area contributed by atoms with Crippen LogP contribution in [0, 0.1) is 0 Å². The van der Waals surface area contributed by atoms with E-state index < -0.39 is 0 Å². The Morgan fingerprint density at radius 1 is 1.00 bits per heavy atom. The van der Waals surface area contributed by atoms with Crippen LogP contribution < -0.4 is 0 Å². The lowest BCUT2D eigenvalue weighted by molar-refractivity contribution is 0.101. The molecule has 5 heteroatoms. The monoisotopic (exact) mass is 416 g/mol. The van der Waals surface area contributed by atoms with Gasteiger partial charge in [0.2, 0.25) is 0 Å². The van der Waals surface area contributed by atoms with Crippen molar-refractivity contribution in [3.8, 4) is 11.1 Å². The second-order valence-electron chi connectivity index (χ2n) is 7.97. The predicted molar refractivity (Wildman–Crippen MR) is 127 cm³/mol. The van der Waals surface area contributed by atoms with Crippen LogP contribution in [0.4, 0.5) is 0 Å². The highest BCUT2D eigenvalue weighted by molar-refractivity contribution is 5.98. The molecule has 5 nitrogen and oxygen atoms in total. The minimum absolute atomic E-state index is 0.0647. The van der Waals surface area contributed by atoms with Crippen molar-refractivity contribution in [1.82, 2.24) is 20.0 Å². The van der Waals surface area contributed by atoms with Crippen LogP contribution in [0.3, 0.4) is 0 Å². The van der Waals surface area contributed by atoms with E-state index in [1.165, 1.54) is 31.2 Å². The Morgan fingerprint density at radius 2 is 1.71 bits per heavy atom. The molecule has 4 rings (SSSR count). The van der Waals surface area contributed by atoms with Crippen LogP contribution in [0.1, 0.15) is 68.1 Å². The van der Waals surface area contributed by atoms with Crippen LogP contribution in [0.15, 0.2) is 54.9 Å². The molecular formula is C26H32N4O. The van der Waals surface area contributed by atoms with Gasteiger partial charge in [-0.2, -0.15) is 10.2 Å². The van der Waals surface area contributed by atoms with Crippen molar-refractivity contribution in [3.05, 3.63) is 71.7 Å². The summed E-state index contributed by atoms with van der Waals surface area (Å²) in [5, 5.41) is 12.7. The Hall–Kier alpha value is -3.21. The lowest BCUT2D eigenvalue weighted by Crippen LogP contribution is -1.93. The van der Waals surface area contributed by atoms with Crippen LogP contribution in [0.2, 0.25) is 0 Å². The van der Waals surface area contributed by atoms with Gasteiger partial charge in [-0.05, 0) is 36.2 Å². The van der Waals surface area contributed by atoms with E-state index in [4.69, 9.17) is 0 Å². The number of nitrogens with one attached hydrogen (secondary N) is 1. The molecule has 0 aliphatic rings. The Balaban J connectivity index is 0.000000401. The molecule has 0 fully saturated rings. The van der Waals surface area contributed by atoms with Gasteiger partial charge in [0.05, 0.1) is 11.7 Å². The Kier molecular flexibility index (Phi) is 7.76. The van der Waals surface area contributed by atoms with Crippen LogP contribution in [0.5, 0.6) is 0 Å². The third kappa shape index (κ3) is 5.91. The number of aryl methyl sites for hydroxylation is 1. The molecule has 162 valence electrons. The van der Waals surface area contributed by atoms with Gasteiger partial charge < -0.3 is 0 Å². The molecule has 0 radical (unpaired) electrons. The van der Waals surface area contributed by atoms with E-state index in [-0.39, 0.29) is 5.78 Å². The molecule has 0 saturated heterocycles. The zero-order valence-corrected chi connectivity index (χ0v) is 19.0. The van der Waals surface area contributed by atoms with E-state index in [1.54, 1.807) is 11.6 Å². The largest absolute Gasteiger partial charge is 0.295 e. The fourth-order valence-electron chi connectivity index (χ4n) is 3.51. The Morgan fingerprint density at radius 3 is 2.29 bits per heavy atom. The van der Waals surface area contributed by atoms with E-state index in [0.29, 0.717) is 5.56 Å². The molecule has 0 amide bonds. The van der Waals surface area contributed by atoms with Gasteiger partial charge in [-0.3, -0.25) is 14.6 Å². The summed E-state index contributed by atoms with van der Waals surface area (Å²) >= 11 is 0. The second-order valence-corrected chi connectivity index (χ2v) is 7.97. The van der Waals surface area contributed by atoms with Gasteiger partial charge in [0.25, 0.3) is 0 Å². The first kappa shape index (κ1) is 22.5. The summed E-state index contributed by atoms with van der Waals surface area (Å²) in [6.45, 7) is 6.05. The zero-order chi connectivity index (χ0) is 22.2. The van der Waals surface area contributed by atoms with Crippen molar-refractivity contribution in [3.63, 3.8) is 0 Å². The molecule has 0 unspecified atom stereocenters. The summed E-state index contributed by atoms with van der Waals surface area (Å²) in [7, 11) is 1.91. The van der Waals surface area contributed by atoms with Crippen molar-refractivity contribution in [1.29, 1.82) is 0 Å². The second kappa shape index (κ2) is 10.7. The fraction of sp³-hybridized carbons (Fsp3) is 0.346. The first-order chi connectivity index (χ1) is 15.0. The molecule has 2 aromatic carbocycles. The fourth-order valence-corrected chi connectivity index (χ4v) is 3.51. The lowest BCUT2D eigenvalue weighted by Gasteiger charge is -2.03. The van der Waals surface area contributed by atoms with E-state index in [1.807, 2.05) is 37.6 Å². The number of hydrogen-bond acceptors (Lipinski definition) is 3. The number of nitrogens with zero attached hydrogens (tertiary/aromatic N) is 3. The average molecular weight is 417 g/mol. The summed E-state index contributed by atoms with van der Waals surface area (Å²) in [4.78, 5) is 11.6. The van der Waals surface area contributed by atoms with Gasteiger partial charge in [0.1, 0.15) is 0 Å². The Bertz CT molecular complexity index is 1120. The van der Waals surface area contributed by atoms with E-state index in [0.717, 1.165) is 34.1 Å². The number of Topliss-reactive ketones (excluding diaryl/α,β-unsaturated/α-hetero) is 1. The normalized spacial score (nSPS) is 10.7. The number of aromatic amines is 1. The third-order valence-corrected chi connectivity index (χ3v) is 5.37. The van der Waals surface area contributed by atoms with Crippen molar-refractivity contribution in [2.75, 3.05) is 0 Å². The van der Waals surface area contributed by atoms with Crippen molar-refractivity contribution in [2.45, 2.75) is 52.9 Å². The SMILES string of the molecule is CC(=O)c1ccc2n[nH]c(Cc3ccc(-c4cnn(C)c4)cc3)c2c1.CCCCCC. The molecule has 0 spiro atoms. The molecule has 2 aromatic heterocycles. The number of H-pyrrole nitrogens is 1. The molecule has 0 saturated carbocycles. The highest BCUT2D eigenvalue weighted by Crippen LogP contribution is 2.23. The summed E-state index contributed by atoms with van der Waals surface area (Å²) in [6, 6.07) is 14.1. The van der Waals surface area contributed by atoms with Gasteiger partial charge in [-0.1, -0.05) is 63.8 Å². The minimum Gasteiger partial charge on any atom is -0.295 e. The third-order valence-electron chi connectivity index (χ3n) is 5.37. The van der Waals surface area contributed by atoms with Crippen LogP contribution in [-0.2, 0) is 13.5 Å². The lowest BCUT2D eigenvalue weighted by atomic mass is 10.0. The highest BCUT2D eigenvalue weighted by Gasteiger charge is 2.09. The molecule has 0 bridgehead atoms. The number of benzene rings is 2. The van der Waals surface area contributed by atoms with Crippen molar-refractivity contribution in [2.24, 2.45) is 7.05 Å². The summed E-state index contributed by atoms with van der Waals surface area (Å²) in [5.74, 6) is 0.0647. The summed E-state index contributed by atoms with van der Waals surface area (Å²) < 4.78 is 1.80. The zero-order valence-electron chi connectivity index (χ0n) is 19.0. The maximum atomic E-state index is 11.6.